The Balaban J connectivity index is 2.85. The van der Waals surface area contributed by atoms with Crippen LogP contribution in [0.5, 0.6) is 0 Å². The van der Waals surface area contributed by atoms with Gasteiger partial charge in [-0.3, -0.25) is 4.79 Å². The molecule has 0 amide bonds. The third-order valence-electron chi connectivity index (χ3n) is 2.01. The van der Waals surface area contributed by atoms with E-state index in [2.05, 4.69) is 24.5 Å². The Bertz CT molecular complexity index is 393. The molecule has 1 rings (SSSR count). The Morgan fingerprint density at radius 1 is 1.33 bits per heavy atom. The maximum absolute atomic E-state index is 11.6. The largest absolute Gasteiger partial charge is 0.294 e. The fourth-order valence-corrected chi connectivity index (χ4v) is 1.27. The Morgan fingerprint density at radius 3 is 2.40 bits per heavy atom. The van der Waals surface area contributed by atoms with Gasteiger partial charge in [-0.1, -0.05) is 37.8 Å². The van der Waals surface area contributed by atoms with Crippen LogP contribution in [0.15, 0.2) is 24.3 Å². The number of thiol groups is 1. The number of carbonyl (C=O) groups is 1. The highest BCUT2D eigenvalue weighted by Crippen LogP contribution is 2.09. The molecule has 0 aromatic heterocycles. The minimum absolute atomic E-state index is 0.0411. The van der Waals surface area contributed by atoms with Gasteiger partial charge in [-0.25, -0.2) is 0 Å². The molecule has 0 unspecified atom stereocenters. The molecular formula is C13H14OS. The summed E-state index contributed by atoms with van der Waals surface area (Å²) in [6.07, 6.45) is 0. The molecule has 0 spiro atoms. The molecule has 0 heterocycles. The smallest absolute Gasteiger partial charge is 0.165 e. The van der Waals surface area contributed by atoms with Gasteiger partial charge in [0.2, 0.25) is 0 Å². The minimum atomic E-state index is 0.0411. The molecule has 1 aromatic carbocycles. The zero-order valence-electron chi connectivity index (χ0n) is 8.95. The first-order valence-electron chi connectivity index (χ1n) is 4.89. The maximum atomic E-state index is 11.6. The van der Waals surface area contributed by atoms with Gasteiger partial charge in [0, 0.05) is 17.0 Å². The van der Waals surface area contributed by atoms with Gasteiger partial charge in [0.05, 0.1) is 5.75 Å². The second kappa shape index (κ2) is 5.63. The molecule has 0 saturated carbocycles. The minimum Gasteiger partial charge on any atom is -0.294 e. The number of rotatable bonds is 2. The van der Waals surface area contributed by atoms with Crippen molar-refractivity contribution in [2.75, 3.05) is 5.75 Å². The lowest BCUT2D eigenvalue weighted by atomic mass is 10.0. The molecule has 0 fully saturated rings. The predicted molar refractivity (Wildman–Crippen MR) is 66.3 cm³/mol. The highest BCUT2D eigenvalue weighted by atomic mass is 32.1. The third-order valence-corrected chi connectivity index (χ3v) is 2.16. The summed E-state index contributed by atoms with van der Waals surface area (Å²) < 4.78 is 0. The summed E-state index contributed by atoms with van der Waals surface area (Å²) >= 11 is 4.00. The number of ketones is 1. The Labute approximate surface area is 96.3 Å². The second-order valence-electron chi connectivity index (χ2n) is 3.56. The topological polar surface area (TPSA) is 17.1 Å². The van der Waals surface area contributed by atoms with Crippen molar-refractivity contribution >= 4 is 18.4 Å². The average Bonchev–Trinajstić information content (AvgIpc) is 2.26. The van der Waals surface area contributed by atoms with Crippen LogP contribution in [0.2, 0.25) is 0 Å². The van der Waals surface area contributed by atoms with E-state index in [1.807, 2.05) is 38.1 Å². The van der Waals surface area contributed by atoms with Gasteiger partial charge in [0.15, 0.2) is 5.78 Å². The van der Waals surface area contributed by atoms with E-state index in [-0.39, 0.29) is 11.7 Å². The van der Waals surface area contributed by atoms with Crippen LogP contribution in [0.4, 0.5) is 0 Å². The Morgan fingerprint density at radius 2 is 1.93 bits per heavy atom. The summed E-state index contributed by atoms with van der Waals surface area (Å²) in [6, 6.07) is 7.38. The highest BCUT2D eigenvalue weighted by molar-refractivity contribution is 7.80. The number of benzene rings is 1. The van der Waals surface area contributed by atoms with Crippen LogP contribution in [0.25, 0.3) is 0 Å². The molecule has 0 radical (unpaired) electrons. The summed E-state index contributed by atoms with van der Waals surface area (Å²) in [5.41, 5.74) is 1.67. The van der Waals surface area contributed by atoms with E-state index >= 15 is 0 Å². The maximum Gasteiger partial charge on any atom is 0.165 e. The molecule has 0 N–H and O–H groups in total. The first-order chi connectivity index (χ1) is 7.15. The molecule has 15 heavy (non-hydrogen) atoms. The summed E-state index contributed by atoms with van der Waals surface area (Å²) in [7, 11) is 0. The molecule has 78 valence electrons. The van der Waals surface area contributed by atoms with Crippen LogP contribution in [-0.4, -0.2) is 11.5 Å². The number of hydrogen-bond donors (Lipinski definition) is 1. The molecule has 0 aliphatic heterocycles. The van der Waals surface area contributed by atoms with Crippen molar-refractivity contribution in [1.29, 1.82) is 0 Å². The van der Waals surface area contributed by atoms with E-state index in [1.165, 1.54) is 0 Å². The van der Waals surface area contributed by atoms with Crippen molar-refractivity contribution in [3.05, 3.63) is 35.4 Å². The lowest BCUT2D eigenvalue weighted by Crippen LogP contribution is -2.06. The summed E-state index contributed by atoms with van der Waals surface area (Å²) in [6.45, 7) is 3.80. The van der Waals surface area contributed by atoms with E-state index < -0.39 is 0 Å². The van der Waals surface area contributed by atoms with Crippen LogP contribution in [0, 0.1) is 17.8 Å². The first kappa shape index (κ1) is 11.9. The van der Waals surface area contributed by atoms with Gasteiger partial charge in [-0.2, -0.15) is 12.6 Å². The molecule has 2 heteroatoms. The Kier molecular flexibility index (Phi) is 4.45. The van der Waals surface area contributed by atoms with Gasteiger partial charge < -0.3 is 0 Å². The van der Waals surface area contributed by atoms with Crippen LogP contribution < -0.4 is 0 Å². The van der Waals surface area contributed by atoms with Crippen LogP contribution >= 0.6 is 12.6 Å². The lowest BCUT2D eigenvalue weighted by molar-refractivity contribution is 0.0939. The molecule has 0 atom stereocenters. The van der Waals surface area contributed by atoms with Crippen molar-refractivity contribution in [3.8, 4) is 11.8 Å². The van der Waals surface area contributed by atoms with Crippen LogP contribution in [-0.2, 0) is 0 Å². The standard InChI is InChI=1S/C13H14OS/c1-10(2)13(14)12-7-5-11(6-8-12)4-3-9-15/h5-8,10,15H,9H2,1-2H3. The molecule has 0 aliphatic carbocycles. The fourth-order valence-electron chi connectivity index (χ4n) is 1.19. The quantitative estimate of drug-likeness (QED) is 0.459. The second-order valence-corrected chi connectivity index (χ2v) is 3.87. The van der Waals surface area contributed by atoms with E-state index in [0.717, 1.165) is 11.1 Å². The number of hydrogen-bond acceptors (Lipinski definition) is 2. The van der Waals surface area contributed by atoms with Crippen molar-refractivity contribution in [3.63, 3.8) is 0 Å². The van der Waals surface area contributed by atoms with Gasteiger partial charge in [-0.15, -0.1) is 0 Å². The molecular weight excluding hydrogens is 204 g/mol. The fraction of sp³-hybridized carbons (Fsp3) is 0.308. The van der Waals surface area contributed by atoms with Crippen molar-refractivity contribution in [2.45, 2.75) is 13.8 Å². The van der Waals surface area contributed by atoms with Crippen molar-refractivity contribution in [1.82, 2.24) is 0 Å². The molecule has 1 aromatic rings. The van der Waals surface area contributed by atoms with E-state index in [9.17, 15) is 4.79 Å². The van der Waals surface area contributed by atoms with E-state index in [4.69, 9.17) is 0 Å². The monoisotopic (exact) mass is 218 g/mol. The van der Waals surface area contributed by atoms with E-state index in [0.29, 0.717) is 5.75 Å². The molecule has 0 bridgehead atoms. The van der Waals surface area contributed by atoms with Gasteiger partial charge in [-0.05, 0) is 12.1 Å². The van der Waals surface area contributed by atoms with Crippen LogP contribution in [0.3, 0.4) is 0 Å². The van der Waals surface area contributed by atoms with Crippen LogP contribution in [0.1, 0.15) is 29.8 Å². The first-order valence-corrected chi connectivity index (χ1v) is 5.52. The summed E-state index contributed by atoms with van der Waals surface area (Å²) in [5.74, 6) is 6.58. The zero-order valence-corrected chi connectivity index (χ0v) is 9.84. The van der Waals surface area contributed by atoms with Gasteiger partial charge in [0.1, 0.15) is 0 Å². The molecule has 1 nitrogen and oxygen atoms in total. The average molecular weight is 218 g/mol. The normalized spacial score (nSPS) is 9.60. The van der Waals surface area contributed by atoms with Crippen molar-refractivity contribution in [2.24, 2.45) is 5.92 Å². The third kappa shape index (κ3) is 3.45. The number of carbonyl (C=O) groups excluding carboxylic acids is 1. The highest BCUT2D eigenvalue weighted by Gasteiger charge is 2.09. The zero-order chi connectivity index (χ0) is 11.3. The molecule has 0 saturated heterocycles. The lowest BCUT2D eigenvalue weighted by Gasteiger charge is -2.03. The van der Waals surface area contributed by atoms with Gasteiger partial charge in [0.25, 0.3) is 0 Å². The molecule has 0 aliphatic rings. The van der Waals surface area contributed by atoms with Gasteiger partial charge >= 0.3 is 0 Å². The summed E-state index contributed by atoms with van der Waals surface area (Å²) in [4.78, 5) is 11.6. The summed E-state index contributed by atoms with van der Waals surface area (Å²) in [5, 5.41) is 0. The predicted octanol–water partition coefficient (Wildman–Crippen LogP) is 2.81. The van der Waals surface area contributed by atoms with Crippen molar-refractivity contribution < 1.29 is 4.79 Å². The van der Waals surface area contributed by atoms with E-state index in [1.54, 1.807) is 0 Å². The number of Topliss-reactive ketones (excluding diaryl/α,β-unsaturated/α-hetero) is 1. The Hall–Kier alpha value is -1.20. The SMILES string of the molecule is CC(C)C(=O)c1ccc(C#CCS)cc1.